The molecule has 0 aromatic heterocycles. The fraction of sp³-hybridized carbons (Fsp3) is 0.571. The number of benzene rings is 1. The van der Waals surface area contributed by atoms with Gasteiger partial charge in [0, 0.05) is 6.04 Å². The smallest absolute Gasteiger partial charge is 0.406 e. The lowest BCUT2D eigenvalue weighted by molar-refractivity contribution is -0.167. The van der Waals surface area contributed by atoms with E-state index in [-0.39, 0.29) is 12.8 Å². The first-order valence-corrected chi connectivity index (χ1v) is 6.65. The van der Waals surface area contributed by atoms with Crippen LogP contribution in [0.1, 0.15) is 31.4 Å². The van der Waals surface area contributed by atoms with Gasteiger partial charge in [-0.1, -0.05) is 6.07 Å². The molecule has 1 N–H and O–H groups in total. The quantitative estimate of drug-likeness (QED) is 0.926. The fourth-order valence-electron chi connectivity index (χ4n) is 2.46. The summed E-state index contributed by atoms with van der Waals surface area (Å²) in [5, 5.41) is 2.71. The Hall–Kier alpha value is -1.43. The van der Waals surface area contributed by atoms with E-state index < -0.39 is 17.8 Å². The zero-order chi connectivity index (χ0) is 14.4. The van der Waals surface area contributed by atoms with Crippen molar-refractivity contribution in [1.82, 2.24) is 5.32 Å². The van der Waals surface area contributed by atoms with E-state index in [4.69, 9.17) is 9.47 Å². The van der Waals surface area contributed by atoms with Gasteiger partial charge < -0.3 is 9.47 Å². The van der Waals surface area contributed by atoms with E-state index >= 15 is 0 Å². The van der Waals surface area contributed by atoms with Crippen LogP contribution in [0.2, 0.25) is 0 Å². The molecule has 1 unspecified atom stereocenters. The van der Waals surface area contributed by atoms with Crippen LogP contribution in [-0.2, 0) is 0 Å². The van der Waals surface area contributed by atoms with E-state index in [0.29, 0.717) is 24.7 Å². The Kier molecular flexibility index (Phi) is 3.08. The molecular formula is C14H16F3NO2. The minimum absolute atomic E-state index is 0.144. The Morgan fingerprint density at radius 3 is 2.40 bits per heavy atom. The van der Waals surface area contributed by atoms with Crippen LogP contribution >= 0.6 is 0 Å². The third kappa shape index (κ3) is 2.32. The maximum Gasteiger partial charge on any atom is 0.406 e. The summed E-state index contributed by atoms with van der Waals surface area (Å²) in [4.78, 5) is 0. The van der Waals surface area contributed by atoms with Gasteiger partial charge in [-0.05, 0) is 37.5 Å². The molecule has 1 fully saturated rings. The number of hydrogen-bond donors (Lipinski definition) is 1. The minimum Gasteiger partial charge on any atom is -0.486 e. The molecule has 1 aliphatic carbocycles. The molecule has 3 nitrogen and oxygen atoms in total. The fourth-order valence-corrected chi connectivity index (χ4v) is 2.46. The SMILES string of the molecule is CC(NC1(C(F)(F)F)CC1)c1ccc2c(c1)OCCO2. The normalized spacial score (nSPS) is 21.4. The monoisotopic (exact) mass is 287 g/mol. The van der Waals surface area contributed by atoms with Crippen molar-refractivity contribution in [3.8, 4) is 11.5 Å². The highest BCUT2D eigenvalue weighted by molar-refractivity contribution is 5.44. The second-order valence-electron chi connectivity index (χ2n) is 5.35. The molecule has 1 heterocycles. The van der Waals surface area contributed by atoms with Gasteiger partial charge in [0.05, 0.1) is 0 Å². The van der Waals surface area contributed by atoms with Crippen LogP contribution in [0, 0.1) is 0 Å². The van der Waals surface area contributed by atoms with Crippen molar-refractivity contribution in [2.24, 2.45) is 0 Å². The maximum atomic E-state index is 12.9. The lowest BCUT2D eigenvalue weighted by Gasteiger charge is -2.26. The number of alkyl halides is 3. The number of fused-ring (bicyclic) bond motifs is 1. The second-order valence-corrected chi connectivity index (χ2v) is 5.35. The van der Waals surface area contributed by atoms with Crippen LogP contribution in [0.5, 0.6) is 11.5 Å². The molecule has 1 aliphatic heterocycles. The number of halogens is 3. The highest BCUT2D eigenvalue weighted by Crippen LogP contribution is 2.50. The summed E-state index contributed by atoms with van der Waals surface area (Å²) in [6, 6.07) is 4.88. The van der Waals surface area contributed by atoms with Crippen molar-refractivity contribution >= 4 is 0 Å². The Labute approximate surface area is 115 Å². The van der Waals surface area contributed by atoms with E-state index in [9.17, 15) is 13.2 Å². The molecule has 0 radical (unpaired) electrons. The Bertz CT molecular complexity index is 512. The van der Waals surface area contributed by atoms with Crippen molar-refractivity contribution in [1.29, 1.82) is 0 Å². The van der Waals surface area contributed by atoms with Crippen LogP contribution < -0.4 is 14.8 Å². The predicted molar refractivity (Wildman–Crippen MR) is 67.0 cm³/mol. The first kappa shape index (κ1) is 13.5. The lowest BCUT2D eigenvalue weighted by Crippen LogP contribution is -2.45. The van der Waals surface area contributed by atoms with Crippen LogP contribution in [0.4, 0.5) is 13.2 Å². The molecule has 0 amide bonds. The van der Waals surface area contributed by atoms with Gasteiger partial charge in [0.15, 0.2) is 11.5 Å². The maximum absolute atomic E-state index is 12.9. The molecule has 6 heteroatoms. The van der Waals surface area contributed by atoms with Gasteiger partial charge >= 0.3 is 6.18 Å². The molecule has 2 aliphatic rings. The second kappa shape index (κ2) is 4.55. The van der Waals surface area contributed by atoms with Gasteiger partial charge in [-0.15, -0.1) is 0 Å². The van der Waals surface area contributed by atoms with Gasteiger partial charge in [0.2, 0.25) is 0 Å². The van der Waals surface area contributed by atoms with E-state index in [1.165, 1.54) is 0 Å². The van der Waals surface area contributed by atoms with Crippen molar-refractivity contribution in [2.45, 2.75) is 37.5 Å². The molecular weight excluding hydrogens is 271 g/mol. The van der Waals surface area contributed by atoms with Gasteiger partial charge in [-0.3, -0.25) is 5.32 Å². The van der Waals surface area contributed by atoms with E-state index in [1.54, 1.807) is 25.1 Å². The summed E-state index contributed by atoms with van der Waals surface area (Å²) in [5.41, 5.74) is -0.940. The molecule has 20 heavy (non-hydrogen) atoms. The van der Waals surface area contributed by atoms with Crippen molar-refractivity contribution in [3.05, 3.63) is 23.8 Å². The molecule has 0 spiro atoms. The van der Waals surface area contributed by atoms with Gasteiger partial charge in [-0.25, -0.2) is 0 Å². The third-order valence-electron chi connectivity index (χ3n) is 3.85. The molecule has 0 bridgehead atoms. The van der Waals surface area contributed by atoms with Crippen LogP contribution in [0.25, 0.3) is 0 Å². The number of nitrogens with one attached hydrogen (secondary N) is 1. The summed E-state index contributed by atoms with van der Waals surface area (Å²) in [6.45, 7) is 2.69. The molecule has 1 atom stereocenters. The summed E-state index contributed by atoms with van der Waals surface area (Å²) < 4.78 is 49.7. The van der Waals surface area contributed by atoms with E-state index in [0.717, 1.165) is 5.56 Å². The van der Waals surface area contributed by atoms with Crippen LogP contribution in [0.15, 0.2) is 18.2 Å². The van der Waals surface area contributed by atoms with Crippen molar-refractivity contribution < 1.29 is 22.6 Å². The molecule has 3 rings (SSSR count). The van der Waals surface area contributed by atoms with E-state index in [2.05, 4.69) is 5.32 Å². The predicted octanol–water partition coefficient (Wildman–Crippen LogP) is 3.20. The zero-order valence-electron chi connectivity index (χ0n) is 11.1. The highest BCUT2D eigenvalue weighted by atomic mass is 19.4. The summed E-state index contributed by atoms with van der Waals surface area (Å²) in [6.07, 6.45) is -3.91. The largest absolute Gasteiger partial charge is 0.486 e. The summed E-state index contributed by atoms with van der Waals surface area (Å²) in [5.74, 6) is 1.24. The Morgan fingerprint density at radius 1 is 1.15 bits per heavy atom. The van der Waals surface area contributed by atoms with Gasteiger partial charge in [-0.2, -0.15) is 13.2 Å². The summed E-state index contributed by atoms with van der Waals surface area (Å²) >= 11 is 0. The lowest BCUT2D eigenvalue weighted by atomic mass is 10.1. The molecule has 1 saturated carbocycles. The standard InChI is InChI=1S/C14H16F3NO2/c1-9(18-13(4-5-13)14(15,16)17)10-2-3-11-12(8-10)20-7-6-19-11/h2-3,8-9,18H,4-7H2,1H3. The third-order valence-corrected chi connectivity index (χ3v) is 3.85. The van der Waals surface area contributed by atoms with Gasteiger partial charge in [0.1, 0.15) is 18.8 Å². The number of rotatable bonds is 3. The van der Waals surface area contributed by atoms with Crippen LogP contribution in [-0.4, -0.2) is 24.9 Å². The molecule has 0 saturated heterocycles. The number of hydrogen-bond acceptors (Lipinski definition) is 3. The Balaban J connectivity index is 1.76. The molecule has 1 aromatic carbocycles. The zero-order valence-corrected chi connectivity index (χ0v) is 11.1. The first-order chi connectivity index (χ1) is 9.41. The highest BCUT2D eigenvalue weighted by Gasteiger charge is 2.63. The summed E-state index contributed by atoms with van der Waals surface area (Å²) in [7, 11) is 0. The first-order valence-electron chi connectivity index (χ1n) is 6.65. The average molecular weight is 287 g/mol. The topological polar surface area (TPSA) is 30.5 Å². The minimum atomic E-state index is -4.20. The van der Waals surface area contributed by atoms with Crippen LogP contribution in [0.3, 0.4) is 0 Å². The van der Waals surface area contributed by atoms with Gasteiger partial charge in [0.25, 0.3) is 0 Å². The van der Waals surface area contributed by atoms with E-state index in [1.807, 2.05) is 0 Å². The average Bonchev–Trinajstić information content (AvgIpc) is 3.18. The molecule has 1 aromatic rings. The molecule has 110 valence electrons. The Morgan fingerprint density at radius 2 is 1.80 bits per heavy atom. The van der Waals surface area contributed by atoms with Crippen molar-refractivity contribution in [3.63, 3.8) is 0 Å². The number of ether oxygens (including phenoxy) is 2. The van der Waals surface area contributed by atoms with Crippen molar-refractivity contribution in [2.75, 3.05) is 13.2 Å².